The van der Waals surface area contributed by atoms with E-state index in [4.69, 9.17) is 9.47 Å². The van der Waals surface area contributed by atoms with Crippen LogP contribution < -0.4 is 5.32 Å². The summed E-state index contributed by atoms with van der Waals surface area (Å²) in [5.41, 5.74) is 0.629. The van der Waals surface area contributed by atoms with Gasteiger partial charge in [-0.25, -0.2) is 4.79 Å². The summed E-state index contributed by atoms with van der Waals surface area (Å²) in [5, 5.41) is 12.9. The molecular weight excluding hydrogens is 360 g/mol. The van der Waals surface area contributed by atoms with E-state index in [1.54, 1.807) is 19.1 Å². The van der Waals surface area contributed by atoms with E-state index in [1.165, 1.54) is 12.5 Å². The highest BCUT2D eigenvalue weighted by molar-refractivity contribution is 5.94. The van der Waals surface area contributed by atoms with Crippen molar-refractivity contribution in [2.24, 2.45) is 0 Å². The van der Waals surface area contributed by atoms with Crippen LogP contribution in [0.5, 0.6) is 5.75 Å². The molecule has 154 valence electrons. The number of ether oxygens (including phenoxy) is 2. The number of hydrogen-bond acceptors (Lipinski definition) is 6. The van der Waals surface area contributed by atoms with E-state index in [9.17, 15) is 14.7 Å². The standard InChI is InChI=1S/C21H30N2O5/c1-16-6-5-7-17(19(16)25)20(26)28-14-18(24)22-15-21(8-3-2-4-9-21)23-10-12-27-13-11-23/h5-7,25H,2-4,8-15H2,1H3,(H,22,24). The Balaban J connectivity index is 1.53. The fourth-order valence-electron chi connectivity index (χ4n) is 4.20. The number of hydrogen-bond donors (Lipinski definition) is 2. The molecular formula is C21H30N2O5. The molecule has 0 aromatic heterocycles. The van der Waals surface area contributed by atoms with Crippen molar-refractivity contribution in [2.45, 2.75) is 44.6 Å². The van der Waals surface area contributed by atoms with Gasteiger partial charge in [0.15, 0.2) is 6.61 Å². The normalized spacial score (nSPS) is 19.8. The summed E-state index contributed by atoms with van der Waals surface area (Å²) in [4.78, 5) is 26.9. The first-order chi connectivity index (χ1) is 13.5. The molecule has 2 N–H and O–H groups in total. The number of nitrogens with zero attached hydrogens (tertiary/aromatic N) is 1. The van der Waals surface area contributed by atoms with Gasteiger partial charge in [-0.1, -0.05) is 31.4 Å². The van der Waals surface area contributed by atoms with Crippen LogP contribution in [0.4, 0.5) is 0 Å². The lowest BCUT2D eigenvalue weighted by molar-refractivity contribution is -0.125. The Morgan fingerprint density at radius 1 is 1.21 bits per heavy atom. The van der Waals surface area contributed by atoms with Crippen molar-refractivity contribution < 1.29 is 24.2 Å². The number of aromatic hydroxyl groups is 1. The third-order valence-corrected chi connectivity index (χ3v) is 5.87. The highest BCUT2D eigenvalue weighted by Gasteiger charge is 2.38. The van der Waals surface area contributed by atoms with Crippen molar-refractivity contribution in [1.29, 1.82) is 0 Å². The second-order valence-corrected chi connectivity index (χ2v) is 7.71. The molecule has 0 spiro atoms. The summed E-state index contributed by atoms with van der Waals surface area (Å²) in [6, 6.07) is 4.85. The minimum absolute atomic E-state index is 0.0312. The van der Waals surface area contributed by atoms with Gasteiger partial charge in [0.25, 0.3) is 5.91 Å². The Bertz CT molecular complexity index is 694. The van der Waals surface area contributed by atoms with Crippen molar-refractivity contribution in [3.05, 3.63) is 29.3 Å². The molecule has 1 aliphatic heterocycles. The fraction of sp³-hybridized carbons (Fsp3) is 0.619. The molecule has 7 heteroatoms. The van der Waals surface area contributed by atoms with Crippen LogP contribution in [0.1, 0.15) is 48.0 Å². The Labute approximate surface area is 166 Å². The van der Waals surface area contributed by atoms with Crippen LogP contribution in [-0.4, -0.2) is 66.9 Å². The minimum Gasteiger partial charge on any atom is -0.507 e. The summed E-state index contributed by atoms with van der Waals surface area (Å²) in [7, 11) is 0. The van der Waals surface area contributed by atoms with Crippen molar-refractivity contribution >= 4 is 11.9 Å². The average Bonchev–Trinajstić information content (AvgIpc) is 2.74. The van der Waals surface area contributed by atoms with Gasteiger partial charge in [0, 0.05) is 25.2 Å². The number of amides is 1. The molecule has 28 heavy (non-hydrogen) atoms. The van der Waals surface area contributed by atoms with Crippen molar-refractivity contribution in [2.75, 3.05) is 39.5 Å². The highest BCUT2D eigenvalue weighted by Crippen LogP contribution is 2.33. The molecule has 0 unspecified atom stereocenters. The van der Waals surface area contributed by atoms with Gasteiger partial charge in [0.2, 0.25) is 0 Å². The zero-order valence-corrected chi connectivity index (χ0v) is 16.5. The van der Waals surface area contributed by atoms with Gasteiger partial charge in [-0.3, -0.25) is 9.69 Å². The van der Waals surface area contributed by atoms with Crippen LogP contribution in [0, 0.1) is 6.92 Å². The molecule has 2 aliphatic rings. The Hall–Kier alpha value is -2.12. The Kier molecular flexibility index (Phi) is 6.91. The number of esters is 1. The van der Waals surface area contributed by atoms with Gasteiger partial charge >= 0.3 is 5.97 Å². The first-order valence-electron chi connectivity index (χ1n) is 10.1. The van der Waals surface area contributed by atoms with Crippen molar-refractivity contribution in [3.8, 4) is 5.75 Å². The topological polar surface area (TPSA) is 88.1 Å². The smallest absolute Gasteiger partial charge is 0.342 e. The number of morpholine rings is 1. The summed E-state index contributed by atoms with van der Waals surface area (Å²) < 4.78 is 10.6. The molecule has 0 atom stereocenters. The van der Waals surface area contributed by atoms with E-state index in [0.29, 0.717) is 12.1 Å². The van der Waals surface area contributed by atoms with Gasteiger partial charge < -0.3 is 19.9 Å². The number of carbonyl (C=O) groups excluding carboxylic acids is 2. The summed E-state index contributed by atoms with van der Waals surface area (Å²) in [6.45, 7) is 5.13. The summed E-state index contributed by atoms with van der Waals surface area (Å²) in [6.07, 6.45) is 5.68. The van der Waals surface area contributed by atoms with Crippen LogP contribution in [0.2, 0.25) is 0 Å². The van der Waals surface area contributed by atoms with Gasteiger partial charge in [-0.15, -0.1) is 0 Å². The lowest BCUT2D eigenvalue weighted by atomic mass is 9.79. The maximum atomic E-state index is 12.3. The monoisotopic (exact) mass is 390 g/mol. The summed E-state index contributed by atoms with van der Waals surface area (Å²) >= 11 is 0. The number of phenols is 1. The third kappa shape index (κ3) is 4.83. The van der Waals surface area contributed by atoms with E-state index < -0.39 is 5.97 Å². The molecule has 0 radical (unpaired) electrons. The zero-order valence-electron chi connectivity index (χ0n) is 16.5. The quantitative estimate of drug-likeness (QED) is 0.723. The molecule has 1 aromatic carbocycles. The van der Waals surface area contributed by atoms with Gasteiger partial charge in [0.1, 0.15) is 11.3 Å². The number of benzene rings is 1. The van der Waals surface area contributed by atoms with E-state index in [0.717, 1.165) is 52.0 Å². The average molecular weight is 390 g/mol. The third-order valence-electron chi connectivity index (χ3n) is 5.87. The lowest BCUT2D eigenvalue weighted by Gasteiger charge is -2.48. The van der Waals surface area contributed by atoms with E-state index >= 15 is 0 Å². The Morgan fingerprint density at radius 2 is 1.93 bits per heavy atom. The van der Waals surface area contributed by atoms with Crippen LogP contribution in [0.25, 0.3) is 0 Å². The van der Waals surface area contributed by atoms with E-state index in [1.807, 2.05) is 0 Å². The largest absolute Gasteiger partial charge is 0.507 e. The van der Waals surface area contributed by atoms with E-state index in [2.05, 4.69) is 10.2 Å². The maximum Gasteiger partial charge on any atom is 0.342 e. The first-order valence-corrected chi connectivity index (χ1v) is 10.1. The highest BCUT2D eigenvalue weighted by atomic mass is 16.5. The van der Waals surface area contributed by atoms with Crippen molar-refractivity contribution in [1.82, 2.24) is 10.2 Å². The number of para-hydroxylation sites is 1. The SMILES string of the molecule is Cc1cccc(C(=O)OCC(=O)NCC2(N3CCOCC3)CCCCC2)c1O. The number of phenolic OH excluding ortho intramolecular Hbond substituents is 1. The van der Waals surface area contributed by atoms with Gasteiger partial charge in [-0.05, 0) is 31.4 Å². The number of rotatable bonds is 6. The number of aryl methyl sites for hydroxylation is 1. The molecule has 3 rings (SSSR count). The van der Waals surface area contributed by atoms with Crippen molar-refractivity contribution in [3.63, 3.8) is 0 Å². The van der Waals surface area contributed by atoms with Gasteiger partial charge in [0.05, 0.1) is 13.2 Å². The predicted molar refractivity (Wildman–Crippen MR) is 104 cm³/mol. The molecule has 1 aliphatic carbocycles. The second kappa shape index (κ2) is 9.39. The molecule has 1 saturated heterocycles. The summed E-state index contributed by atoms with van der Waals surface area (Å²) in [5.74, 6) is -1.13. The van der Waals surface area contributed by atoms with Crippen LogP contribution in [-0.2, 0) is 14.3 Å². The van der Waals surface area contributed by atoms with Gasteiger partial charge in [-0.2, -0.15) is 0 Å². The molecule has 0 bridgehead atoms. The molecule has 1 heterocycles. The minimum atomic E-state index is -0.697. The van der Waals surface area contributed by atoms with Crippen LogP contribution in [0.3, 0.4) is 0 Å². The molecule has 1 amide bonds. The molecule has 1 saturated carbocycles. The fourth-order valence-corrected chi connectivity index (χ4v) is 4.20. The predicted octanol–water partition coefficient (Wildman–Crippen LogP) is 2.01. The van der Waals surface area contributed by atoms with E-state index in [-0.39, 0.29) is 29.4 Å². The second-order valence-electron chi connectivity index (χ2n) is 7.71. The number of carbonyl (C=O) groups is 2. The number of nitrogens with one attached hydrogen (secondary N) is 1. The molecule has 1 aromatic rings. The first kappa shape index (κ1) is 20.6. The molecule has 2 fully saturated rings. The lowest BCUT2D eigenvalue weighted by Crippen LogP contribution is -2.59. The zero-order chi connectivity index (χ0) is 20.0. The molecule has 7 nitrogen and oxygen atoms in total. The van der Waals surface area contributed by atoms with Crippen LogP contribution >= 0.6 is 0 Å². The Morgan fingerprint density at radius 3 is 2.64 bits per heavy atom. The maximum absolute atomic E-state index is 12.3. The van der Waals surface area contributed by atoms with Crippen LogP contribution in [0.15, 0.2) is 18.2 Å².